The molecule has 4 N–H and O–H groups in total. The quantitative estimate of drug-likeness (QED) is 0.501. The summed E-state index contributed by atoms with van der Waals surface area (Å²) in [5, 5.41) is 37.9. The van der Waals surface area contributed by atoms with Crippen LogP contribution in [0.2, 0.25) is 0 Å². The minimum Gasteiger partial charge on any atom is -0.393 e. The fraction of sp³-hybridized carbons (Fsp3) is 1.00. The normalized spacial score (nSPS) is 18.6. The Balaban J connectivity index is 3.90. The van der Waals surface area contributed by atoms with Gasteiger partial charge in [0.2, 0.25) is 0 Å². The van der Waals surface area contributed by atoms with Crippen molar-refractivity contribution in [2.45, 2.75) is 70.4 Å². The van der Waals surface area contributed by atoms with Gasteiger partial charge in [-0.05, 0) is 20.3 Å². The van der Waals surface area contributed by atoms with Crippen molar-refractivity contribution in [2.75, 3.05) is 0 Å². The SMILES string of the molecule is CCCC(O)C(O)CC(O)CC(C)(C)O. The zero-order valence-electron chi connectivity index (χ0n) is 9.85. The number of hydrogen-bond donors (Lipinski definition) is 4. The molecule has 4 nitrogen and oxygen atoms in total. The predicted octanol–water partition coefficient (Wildman–Crippen LogP) is 0.420. The summed E-state index contributed by atoms with van der Waals surface area (Å²) < 4.78 is 0. The first kappa shape index (κ1) is 14.8. The summed E-state index contributed by atoms with van der Waals surface area (Å²) in [5.41, 5.74) is -0.950. The molecule has 0 aliphatic carbocycles. The lowest BCUT2D eigenvalue weighted by molar-refractivity contribution is -0.0378. The third-order valence-corrected chi connectivity index (χ3v) is 2.28. The van der Waals surface area contributed by atoms with Crippen molar-refractivity contribution in [3.63, 3.8) is 0 Å². The summed E-state index contributed by atoms with van der Waals surface area (Å²) in [6.07, 6.45) is -0.871. The summed E-state index contributed by atoms with van der Waals surface area (Å²) in [6.45, 7) is 5.12. The summed E-state index contributed by atoms with van der Waals surface area (Å²) in [4.78, 5) is 0. The first-order valence-electron chi connectivity index (χ1n) is 5.53. The maximum absolute atomic E-state index is 9.54. The molecule has 0 bridgehead atoms. The molecule has 0 radical (unpaired) electrons. The van der Waals surface area contributed by atoms with Crippen LogP contribution in [-0.2, 0) is 0 Å². The molecule has 0 saturated heterocycles. The minimum atomic E-state index is -0.950. The van der Waals surface area contributed by atoms with Gasteiger partial charge >= 0.3 is 0 Å². The molecule has 0 aliphatic heterocycles. The van der Waals surface area contributed by atoms with Crippen LogP contribution in [0.25, 0.3) is 0 Å². The Morgan fingerprint density at radius 2 is 1.60 bits per heavy atom. The van der Waals surface area contributed by atoms with E-state index in [9.17, 15) is 20.4 Å². The number of hydrogen-bond acceptors (Lipinski definition) is 4. The monoisotopic (exact) mass is 220 g/mol. The van der Waals surface area contributed by atoms with Crippen LogP contribution >= 0.6 is 0 Å². The zero-order valence-corrected chi connectivity index (χ0v) is 9.85. The van der Waals surface area contributed by atoms with Gasteiger partial charge in [-0.3, -0.25) is 0 Å². The Bertz CT molecular complexity index is 164. The topological polar surface area (TPSA) is 80.9 Å². The van der Waals surface area contributed by atoms with Gasteiger partial charge in [-0.2, -0.15) is 0 Å². The maximum Gasteiger partial charge on any atom is 0.0823 e. The van der Waals surface area contributed by atoms with E-state index < -0.39 is 23.9 Å². The van der Waals surface area contributed by atoms with Gasteiger partial charge in [-0.25, -0.2) is 0 Å². The second-order valence-electron chi connectivity index (χ2n) is 4.83. The van der Waals surface area contributed by atoms with Crippen LogP contribution in [-0.4, -0.2) is 44.3 Å². The van der Waals surface area contributed by atoms with E-state index in [1.807, 2.05) is 6.92 Å². The number of aliphatic hydroxyl groups is 4. The summed E-state index contributed by atoms with van der Waals surface area (Å²) in [7, 11) is 0. The van der Waals surface area contributed by atoms with Crippen LogP contribution in [0.3, 0.4) is 0 Å². The highest BCUT2D eigenvalue weighted by Gasteiger charge is 2.23. The minimum absolute atomic E-state index is 0.102. The van der Waals surface area contributed by atoms with Gasteiger partial charge < -0.3 is 20.4 Å². The lowest BCUT2D eigenvalue weighted by atomic mass is 9.95. The number of rotatable bonds is 7. The van der Waals surface area contributed by atoms with E-state index in [1.165, 1.54) is 0 Å². The Labute approximate surface area is 91.6 Å². The third-order valence-electron chi connectivity index (χ3n) is 2.28. The van der Waals surface area contributed by atoms with Crippen molar-refractivity contribution < 1.29 is 20.4 Å². The first-order valence-corrected chi connectivity index (χ1v) is 5.53. The Morgan fingerprint density at radius 1 is 1.07 bits per heavy atom. The zero-order chi connectivity index (χ0) is 12.1. The van der Waals surface area contributed by atoms with Crippen molar-refractivity contribution in [3.05, 3.63) is 0 Å². The van der Waals surface area contributed by atoms with Crippen LogP contribution in [0.4, 0.5) is 0 Å². The Kier molecular flexibility index (Phi) is 6.36. The highest BCUT2D eigenvalue weighted by atomic mass is 16.3. The molecular formula is C11H24O4. The fourth-order valence-corrected chi connectivity index (χ4v) is 1.58. The van der Waals surface area contributed by atoms with Crippen molar-refractivity contribution in [3.8, 4) is 0 Å². The first-order chi connectivity index (χ1) is 6.76. The van der Waals surface area contributed by atoms with E-state index >= 15 is 0 Å². The van der Waals surface area contributed by atoms with Crippen molar-refractivity contribution in [1.29, 1.82) is 0 Å². The smallest absolute Gasteiger partial charge is 0.0823 e. The maximum atomic E-state index is 9.54. The van der Waals surface area contributed by atoms with E-state index in [-0.39, 0.29) is 12.8 Å². The second-order valence-corrected chi connectivity index (χ2v) is 4.83. The van der Waals surface area contributed by atoms with Crippen LogP contribution in [0.1, 0.15) is 46.5 Å². The standard InChI is InChI=1S/C11H24O4/c1-4-5-9(13)10(14)6-8(12)7-11(2,3)15/h8-10,12-15H,4-7H2,1-3H3. The highest BCUT2D eigenvalue weighted by Crippen LogP contribution is 2.16. The molecule has 0 rings (SSSR count). The van der Waals surface area contributed by atoms with E-state index in [1.54, 1.807) is 13.8 Å². The molecule has 4 heteroatoms. The summed E-state index contributed by atoms with van der Waals surface area (Å²) in [6, 6.07) is 0. The highest BCUT2D eigenvalue weighted by molar-refractivity contribution is 4.76. The summed E-state index contributed by atoms with van der Waals surface area (Å²) in [5.74, 6) is 0. The molecule has 0 saturated carbocycles. The summed E-state index contributed by atoms with van der Waals surface area (Å²) >= 11 is 0. The molecule has 3 atom stereocenters. The molecule has 0 aromatic rings. The van der Waals surface area contributed by atoms with Crippen LogP contribution < -0.4 is 0 Å². The fourth-order valence-electron chi connectivity index (χ4n) is 1.58. The van der Waals surface area contributed by atoms with Gasteiger partial charge in [0.25, 0.3) is 0 Å². The van der Waals surface area contributed by atoms with Crippen molar-refractivity contribution in [2.24, 2.45) is 0 Å². The molecule has 0 aromatic carbocycles. The van der Waals surface area contributed by atoms with Crippen molar-refractivity contribution >= 4 is 0 Å². The van der Waals surface area contributed by atoms with Gasteiger partial charge in [0.05, 0.1) is 23.9 Å². The lowest BCUT2D eigenvalue weighted by Gasteiger charge is -2.24. The molecule has 0 aromatic heterocycles. The molecule has 0 spiro atoms. The Hall–Kier alpha value is -0.160. The largest absolute Gasteiger partial charge is 0.393 e. The molecular weight excluding hydrogens is 196 g/mol. The molecule has 0 fully saturated rings. The van der Waals surface area contributed by atoms with E-state index in [4.69, 9.17) is 0 Å². The molecule has 92 valence electrons. The lowest BCUT2D eigenvalue weighted by Crippen LogP contribution is -2.33. The molecule has 0 aliphatic rings. The van der Waals surface area contributed by atoms with E-state index in [0.29, 0.717) is 6.42 Å². The molecule has 15 heavy (non-hydrogen) atoms. The Morgan fingerprint density at radius 3 is 2.00 bits per heavy atom. The molecule has 0 heterocycles. The van der Waals surface area contributed by atoms with Crippen molar-refractivity contribution in [1.82, 2.24) is 0 Å². The van der Waals surface area contributed by atoms with Gasteiger partial charge in [0.15, 0.2) is 0 Å². The van der Waals surface area contributed by atoms with Crippen LogP contribution in [0, 0.1) is 0 Å². The molecule has 3 unspecified atom stereocenters. The van der Waals surface area contributed by atoms with Gasteiger partial charge in [-0.1, -0.05) is 13.3 Å². The van der Waals surface area contributed by atoms with Gasteiger partial charge in [0.1, 0.15) is 0 Å². The van der Waals surface area contributed by atoms with E-state index in [2.05, 4.69) is 0 Å². The molecule has 0 amide bonds. The second kappa shape index (κ2) is 6.43. The predicted molar refractivity (Wildman–Crippen MR) is 58.5 cm³/mol. The average molecular weight is 220 g/mol. The average Bonchev–Trinajstić information content (AvgIpc) is 2.00. The van der Waals surface area contributed by atoms with Gasteiger partial charge in [0, 0.05) is 12.8 Å². The third kappa shape index (κ3) is 7.73. The van der Waals surface area contributed by atoms with Gasteiger partial charge in [-0.15, -0.1) is 0 Å². The van der Waals surface area contributed by atoms with Crippen LogP contribution in [0.15, 0.2) is 0 Å². The van der Waals surface area contributed by atoms with Crippen LogP contribution in [0.5, 0.6) is 0 Å². The van der Waals surface area contributed by atoms with E-state index in [0.717, 1.165) is 6.42 Å². The number of aliphatic hydroxyl groups excluding tert-OH is 3.